The van der Waals surface area contributed by atoms with Crippen LogP contribution in [0.3, 0.4) is 0 Å². The van der Waals surface area contributed by atoms with Crippen molar-refractivity contribution in [2.45, 2.75) is 39.2 Å². The smallest absolute Gasteiger partial charge is 0.321 e. The number of nitrogens with zero attached hydrogens (tertiary/aromatic N) is 2. The predicted octanol–water partition coefficient (Wildman–Crippen LogP) is 3.60. The molecule has 0 fully saturated rings. The molecule has 2 aromatic rings. The zero-order chi connectivity index (χ0) is 16.5. The molecule has 2 rings (SSSR count). The summed E-state index contributed by atoms with van der Waals surface area (Å²) in [4.78, 5) is 11.9. The van der Waals surface area contributed by atoms with Crippen LogP contribution in [0.2, 0.25) is 0 Å². The van der Waals surface area contributed by atoms with E-state index in [0.717, 1.165) is 29.2 Å². The number of ether oxygens (including phenoxy) is 1. The maximum absolute atomic E-state index is 11.9. The van der Waals surface area contributed by atoms with Crippen LogP contribution in [0.25, 0.3) is 0 Å². The van der Waals surface area contributed by atoms with Gasteiger partial charge in [-0.2, -0.15) is 0 Å². The molecule has 0 aliphatic heterocycles. The Morgan fingerprint density at radius 3 is 2.70 bits per heavy atom. The van der Waals surface area contributed by atoms with Crippen LogP contribution in [0.15, 0.2) is 24.3 Å². The Hall–Kier alpha value is -2.15. The van der Waals surface area contributed by atoms with E-state index in [-0.39, 0.29) is 6.03 Å². The van der Waals surface area contributed by atoms with Crippen molar-refractivity contribution in [1.29, 1.82) is 0 Å². The molecule has 2 N–H and O–H groups in total. The highest BCUT2D eigenvalue weighted by molar-refractivity contribution is 7.15. The highest BCUT2D eigenvalue weighted by Crippen LogP contribution is 2.17. The van der Waals surface area contributed by atoms with E-state index in [0.29, 0.717) is 11.7 Å². The number of hydrogen-bond donors (Lipinski definition) is 2. The summed E-state index contributed by atoms with van der Waals surface area (Å²) < 4.78 is 5.10. The number of amides is 2. The largest absolute Gasteiger partial charge is 0.497 e. The van der Waals surface area contributed by atoms with Crippen LogP contribution in [-0.4, -0.2) is 23.3 Å². The maximum atomic E-state index is 11.9. The number of aryl methyl sites for hydroxylation is 1. The van der Waals surface area contributed by atoms with Gasteiger partial charge >= 0.3 is 6.03 Å². The van der Waals surface area contributed by atoms with Gasteiger partial charge in [0, 0.05) is 13.0 Å². The average molecular weight is 334 g/mol. The SMILES string of the molecule is CCCCCc1nnc(NC(=O)NCc2ccc(OC)cc2)s1. The van der Waals surface area contributed by atoms with Gasteiger partial charge in [-0.15, -0.1) is 10.2 Å². The highest BCUT2D eigenvalue weighted by atomic mass is 32.1. The van der Waals surface area contributed by atoms with Crippen LogP contribution < -0.4 is 15.4 Å². The van der Waals surface area contributed by atoms with Crippen LogP contribution in [0, 0.1) is 0 Å². The molecule has 0 atom stereocenters. The fourth-order valence-electron chi connectivity index (χ4n) is 2.00. The van der Waals surface area contributed by atoms with Gasteiger partial charge in [-0.1, -0.05) is 43.2 Å². The van der Waals surface area contributed by atoms with Gasteiger partial charge in [0.2, 0.25) is 5.13 Å². The van der Waals surface area contributed by atoms with E-state index in [1.54, 1.807) is 7.11 Å². The maximum Gasteiger partial charge on any atom is 0.321 e. The summed E-state index contributed by atoms with van der Waals surface area (Å²) >= 11 is 1.43. The molecule has 2 amide bonds. The molecule has 7 heteroatoms. The lowest BCUT2D eigenvalue weighted by Gasteiger charge is -2.06. The fraction of sp³-hybridized carbons (Fsp3) is 0.438. The standard InChI is InChI=1S/C16H22N4O2S/c1-3-4-5-6-14-19-20-16(23-14)18-15(21)17-11-12-7-9-13(22-2)10-8-12/h7-10H,3-6,11H2,1-2H3,(H2,17,18,20,21). The lowest BCUT2D eigenvalue weighted by atomic mass is 10.2. The quantitative estimate of drug-likeness (QED) is 0.723. The van der Waals surface area contributed by atoms with Crippen molar-refractivity contribution < 1.29 is 9.53 Å². The lowest BCUT2D eigenvalue weighted by Crippen LogP contribution is -2.28. The Labute approximate surface area is 140 Å². The molecule has 0 bridgehead atoms. The van der Waals surface area contributed by atoms with Crippen molar-refractivity contribution in [2.75, 3.05) is 12.4 Å². The number of carbonyl (C=O) groups excluding carboxylic acids is 1. The molecule has 0 aliphatic carbocycles. The number of aromatic nitrogens is 2. The summed E-state index contributed by atoms with van der Waals surface area (Å²) in [6.07, 6.45) is 4.39. The van der Waals surface area contributed by atoms with E-state index in [9.17, 15) is 4.79 Å². The molecule has 0 saturated heterocycles. The van der Waals surface area contributed by atoms with Crippen LogP contribution in [-0.2, 0) is 13.0 Å². The Morgan fingerprint density at radius 2 is 2.00 bits per heavy atom. The Bertz CT molecular complexity index is 613. The first-order chi connectivity index (χ1) is 11.2. The van der Waals surface area contributed by atoms with Gasteiger partial charge in [-0.3, -0.25) is 5.32 Å². The monoisotopic (exact) mass is 334 g/mol. The third kappa shape index (κ3) is 5.86. The second-order valence-electron chi connectivity index (χ2n) is 5.11. The summed E-state index contributed by atoms with van der Waals surface area (Å²) in [5, 5.41) is 15.1. The number of unbranched alkanes of at least 4 members (excludes halogenated alkanes) is 2. The Balaban J connectivity index is 1.75. The summed E-state index contributed by atoms with van der Waals surface area (Å²) in [6, 6.07) is 7.27. The minimum Gasteiger partial charge on any atom is -0.497 e. The van der Waals surface area contributed by atoms with Gasteiger partial charge in [-0.05, 0) is 24.1 Å². The van der Waals surface area contributed by atoms with Crippen molar-refractivity contribution in [3.63, 3.8) is 0 Å². The summed E-state index contributed by atoms with van der Waals surface area (Å²) in [6.45, 7) is 2.61. The van der Waals surface area contributed by atoms with Crippen molar-refractivity contribution in [1.82, 2.24) is 15.5 Å². The number of benzene rings is 1. The first-order valence-electron chi connectivity index (χ1n) is 7.71. The number of methoxy groups -OCH3 is 1. The lowest BCUT2D eigenvalue weighted by molar-refractivity contribution is 0.251. The summed E-state index contributed by atoms with van der Waals surface area (Å²) in [7, 11) is 1.62. The van der Waals surface area contributed by atoms with Crippen LogP contribution in [0.4, 0.5) is 9.93 Å². The molecule has 0 aliphatic rings. The molecule has 6 nitrogen and oxygen atoms in total. The molecule has 23 heavy (non-hydrogen) atoms. The molecule has 0 spiro atoms. The predicted molar refractivity (Wildman–Crippen MR) is 92.0 cm³/mol. The number of hydrogen-bond acceptors (Lipinski definition) is 5. The molecule has 0 unspecified atom stereocenters. The zero-order valence-electron chi connectivity index (χ0n) is 13.5. The number of anilines is 1. The molecule has 1 aromatic carbocycles. The third-order valence-corrected chi connectivity index (χ3v) is 4.19. The van der Waals surface area contributed by atoms with E-state index in [4.69, 9.17) is 4.74 Å². The molecular formula is C16H22N4O2S. The topological polar surface area (TPSA) is 76.1 Å². The van der Waals surface area contributed by atoms with Crippen LogP contribution in [0.5, 0.6) is 5.75 Å². The van der Waals surface area contributed by atoms with E-state index in [2.05, 4.69) is 27.8 Å². The molecule has 1 aromatic heterocycles. The molecule has 0 saturated carbocycles. The first kappa shape index (κ1) is 17.2. The van der Waals surface area contributed by atoms with Crippen molar-refractivity contribution in [2.24, 2.45) is 0 Å². The zero-order valence-corrected chi connectivity index (χ0v) is 14.3. The molecule has 1 heterocycles. The van der Waals surface area contributed by atoms with Crippen LogP contribution >= 0.6 is 11.3 Å². The van der Waals surface area contributed by atoms with Crippen molar-refractivity contribution >= 4 is 22.5 Å². The van der Waals surface area contributed by atoms with E-state index in [1.165, 1.54) is 24.2 Å². The van der Waals surface area contributed by atoms with E-state index < -0.39 is 0 Å². The summed E-state index contributed by atoms with van der Waals surface area (Å²) in [5.41, 5.74) is 0.999. The summed E-state index contributed by atoms with van der Waals surface area (Å²) in [5.74, 6) is 0.794. The second kappa shape index (κ2) is 9.09. The van der Waals surface area contributed by atoms with Gasteiger partial charge in [0.05, 0.1) is 7.11 Å². The first-order valence-corrected chi connectivity index (χ1v) is 8.53. The molecule has 0 radical (unpaired) electrons. The fourth-order valence-corrected chi connectivity index (χ4v) is 2.78. The normalized spacial score (nSPS) is 10.3. The number of carbonyl (C=O) groups is 1. The Morgan fingerprint density at radius 1 is 1.22 bits per heavy atom. The van der Waals surface area contributed by atoms with Crippen molar-refractivity contribution in [3.05, 3.63) is 34.8 Å². The minimum absolute atomic E-state index is 0.280. The Kier molecular flexibility index (Phi) is 6.80. The minimum atomic E-state index is -0.280. The van der Waals surface area contributed by atoms with Crippen molar-refractivity contribution in [3.8, 4) is 5.75 Å². The van der Waals surface area contributed by atoms with Gasteiger partial charge in [0.25, 0.3) is 0 Å². The highest BCUT2D eigenvalue weighted by Gasteiger charge is 2.07. The molecule has 124 valence electrons. The van der Waals surface area contributed by atoms with Gasteiger partial charge < -0.3 is 10.1 Å². The van der Waals surface area contributed by atoms with E-state index in [1.807, 2.05) is 24.3 Å². The third-order valence-electron chi connectivity index (χ3n) is 3.29. The van der Waals surface area contributed by atoms with Gasteiger partial charge in [0.1, 0.15) is 10.8 Å². The molecular weight excluding hydrogens is 312 g/mol. The van der Waals surface area contributed by atoms with Gasteiger partial charge in [-0.25, -0.2) is 4.79 Å². The van der Waals surface area contributed by atoms with E-state index >= 15 is 0 Å². The number of urea groups is 1. The number of rotatable bonds is 8. The average Bonchev–Trinajstić information content (AvgIpc) is 3.01. The van der Waals surface area contributed by atoms with Crippen LogP contribution in [0.1, 0.15) is 36.8 Å². The van der Waals surface area contributed by atoms with Gasteiger partial charge in [0.15, 0.2) is 0 Å². The second-order valence-corrected chi connectivity index (χ2v) is 6.18. The number of nitrogens with one attached hydrogen (secondary N) is 2.